The van der Waals surface area contributed by atoms with Gasteiger partial charge in [-0.1, -0.05) is 6.08 Å². The van der Waals surface area contributed by atoms with E-state index in [-0.39, 0.29) is 5.69 Å². The van der Waals surface area contributed by atoms with Gasteiger partial charge in [0.15, 0.2) is 0 Å². The van der Waals surface area contributed by atoms with E-state index in [1.165, 1.54) is 10.6 Å². The lowest BCUT2D eigenvalue weighted by Gasteiger charge is -1.98. The molecule has 0 bridgehead atoms. The highest BCUT2D eigenvalue weighted by atomic mass is 16.4. The van der Waals surface area contributed by atoms with E-state index >= 15 is 0 Å². The van der Waals surface area contributed by atoms with Crippen LogP contribution in [0.5, 0.6) is 0 Å². The highest BCUT2D eigenvalue weighted by molar-refractivity contribution is 5.86. The number of nitrogens with zero attached hydrogens (tertiary/aromatic N) is 1. The number of nitrogens with one attached hydrogen (secondary N) is 1. The summed E-state index contributed by atoms with van der Waals surface area (Å²) in [5.41, 5.74) is -0.0703. The predicted octanol–water partition coefficient (Wildman–Crippen LogP) is 0.369. The van der Waals surface area contributed by atoms with Crippen LogP contribution in [0, 0.1) is 6.92 Å². The number of hydrogen-bond donors (Lipinski definition) is 2. The van der Waals surface area contributed by atoms with Crippen LogP contribution in [0.2, 0.25) is 0 Å². The number of hydrogen-bond acceptors (Lipinski definition) is 2. The lowest BCUT2D eigenvalue weighted by molar-refractivity contribution is 0.0690. The number of carboxylic acids is 1. The number of carbonyl (C=O) groups is 1. The van der Waals surface area contributed by atoms with Crippen molar-refractivity contribution in [3.63, 3.8) is 0 Å². The molecule has 0 aliphatic rings. The van der Waals surface area contributed by atoms with Crippen LogP contribution >= 0.6 is 0 Å². The first kappa shape index (κ1) is 9.31. The van der Waals surface area contributed by atoms with Crippen LogP contribution in [0.25, 0.3) is 0 Å². The Balaban J connectivity index is 3.30. The number of carboxylic acid groups (broad SMARTS) is 1. The summed E-state index contributed by atoms with van der Waals surface area (Å²) in [7, 11) is 0. The van der Waals surface area contributed by atoms with Crippen LogP contribution in [0.4, 0.5) is 0 Å². The van der Waals surface area contributed by atoms with Crippen molar-refractivity contribution >= 4 is 5.97 Å². The topological polar surface area (TPSA) is 75.1 Å². The van der Waals surface area contributed by atoms with Gasteiger partial charge in [0.1, 0.15) is 5.69 Å². The van der Waals surface area contributed by atoms with Gasteiger partial charge in [-0.2, -0.15) is 0 Å². The monoisotopic (exact) mass is 182 g/mol. The number of aromatic carboxylic acids is 1. The molecule has 5 heteroatoms. The zero-order chi connectivity index (χ0) is 10.0. The normalized spacial score (nSPS) is 9.92. The van der Waals surface area contributed by atoms with Gasteiger partial charge in [0, 0.05) is 6.54 Å². The first-order valence-corrected chi connectivity index (χ1v) is 3.71. The Hall–Kier alpha value is -1.78. The maximum absolute atomic E-state index is 11.2. The Labute approximate surface area is 74.3 Å². The maximum atomic E-state index is 11.2. The van der Waals surface area contributed by atoms with Gasteiger partial charge in [0.2, 0.25) is 0 Å². The second kappa shape index (κ2) is 3.30. The van der Waals surface area contributed by atoms with Gasteiger partial charge in [0.05, 0.1) is 5.69 Å². The minimum atomic E-state index is -1.13. The molecule has 70 valence electrons. The lowest BCUT2D eigenvalue weighted by Crippen LogP contribution is -2.16. The standard InChI is InChI=1S/C8H10N2O3/c1-3-4-10-5(2)6(7(11)12)9-8(10)13/h3H,1,4H2,2H3,(H,9,13)(H,11,12). The van der Waals surface area contributed by atoms with E-state index in [4.69, 9.17) is 5.11 Å². The molecule has 5 nitrogen and oxygen atoms in total. The molecule has 1 rings (SSSR count). The fourth-order valence-corrected chi connectivity index (χ4v) is 1.11. The number of allylic oxidation sites excluding steroid dienone is 1. The van der Waals surface area contributed by atoms with Crippen molar-refractivity contribution in [2.75, 3.05) is 0 Å². The second-order valence-electron chi connectivity index (χ2n) is 2.59. The lowest BCUT2D eigenvalue weighted by atomic mass is 10.3. The highest BCUT2D eigenvalue weighted by Gasteiger charge is 2.14. The summed E-state index contributed by atoms with van der Waals surface area (Å²) < 4.78 is 1.32. The minimum absolute atomic E-state index is 0.0631. The molecule has 0 aromatic carbocycles. The van der Waals surface area contributed by atoms with Crippen LogP contribution in [0.15, 0.2) is 17.4 Å². The third-order valence-electron chi connectivity index (χ3n) is 1.77. The van der Waals surface area contributed by atoms with Crippen LogP contribution < -0.4 is 5.69 Å². The molecule has 0 aliphatic heterocycles. The van der Waals surface area contributed by atoms with Gasteiger partial charge in [0.25, 0.3) is 0 Å². The maximum Gasteiger partial charge on any atom is 0.354 e. The van der Waals surface area contributed by atoms with E-state index in [1.807, 2.05) is 0 Å². The predicted molar refractivity (Wildman–Crippen MR) is 46.9 cm³/mol. The van der Waals surface area contributed by atoms with E-state index in [2.05, 4.69) is 11.6 Å². The van der Waals surface area contributed by atoms with Crippen molar-refractivity contribution in [1.82, 2.24) is 9.55 Å². The number of aromatic nitrogens is 2. The average molecular weight is 182 g/mol. The van der Waals surface area contributed by atoms with Gasteiger partial charge >= 0.3 is 11.7 Å². The Morgan fingerprint density at radius 3 is 2.77 bits per heavy atom. The minimum Gasteiger partial charge on any atom is -0.477 e. The third kappa shape index (κ3) is 1.53. The number of rotatable bonds is 3. The molecule has 0 radical (unpaired) electrons. The molecule has 2 N–H and O–H groups in total. The third-order valence-corrected chi connectivity index (χ3v) is 1.77. The molecule has 0 saturated carbocycles. The van der Waals surface area contributed by atoms with Gasteiger partial charge < -0.3 is 5.11 Å². The van der Waals surface area contributed by atoms with Crippen molar-refractivity contribution < 1.29 is 9.90 Å². The van der Waals surface area contributed by atoms with Gasteiger partial charge in [-0.15, -0.1) is 6.58 Å². The van der Waals surface area contributed by atoms with Crippen molar-refractivity contribution in [1.29, 1.82) is 0 Å². The highest BCUT2D eigenvalue weighted by Crippen LogP contribution is 2.01. The Kier molecular flexibility index (Phi) is 2.36. The summed E-state index contributed by atoms with van der Waals surface area (Å²) in [6.45, 7) is 5.36. The fraction of sp³-hybridized carbons (Fsp3) is 0.250. The van der Waals surface area contributed by atoms with Crippen LogP contribution in [-0.2, 0) is 6.54 Å². The quantitative estimate of drug-likeness (QED) is 0.663. The summed E-state index contributed by atoms with van der Waals surface area (Å²) >= 11 is 0. The van der Waals surface area contributed by atoms with E-state index in [9.17, 15) is 9.59 Å². The largest absolute Gasteiger partial charge is 0.477 e. The summed E-state index contributed by atoms with van der Waals surface area (Å²) in [5, 5.41) is 8.66. The zero-order valence-electron chi connectivity index (χ0n) is 7.20. The molecular formula is C8H10N2O3. The van der Waals surface area contributed by atoms with Gasteiger partial charge in [-0.05, 0) is 6.92 Å². The summed E-state index contributed by atoms with van der Waals surface area (Å²) in [4.78, 5) is 24.0. The number of imidazole rings is 1. The molecule has 1 heterocycles. The first-order chi connectivity index (χ1) is 6.07. The number of H-pyrrole nitrogens is 1. The van der Waals surface area contributed by atoms with Gasteiger partial charge in [-0.25, -0.2) is 9.59 Å². The average Bonchev–Trinajstić information content (AvgIpc) is 2.32. The van der Waals surface area contributed by atoms with E-state index in [1.54, 1.807) is 6.92 Å². The summed E-state index contributed by atoms with van der Waals surface area (Å²) in [6, 6.07) is 0. The molecule has 13 heavy (non-hydrogen) atoms. The van der Waals surface area contributed by atoms with Crippen molar-refractivity contribution in [2.24, 2.45) is 0 Å². The molecule has 0 spiro atoms. The van der Waals surface area contributed by atoms with E-state index in [0.717, 1.165) is 0 Å². The first-order valence-electron chi connectivity index (χ1n) is 3.71. The Morgan fingerprint density at radius 2 is 2.38 bits per heavy atom. The molecule has 0 saturated heterocycles. The fourth-order valence-electron chi connectivity index (χ4n) is 1.11. The Bertz CT molecular complexity index is 400. The molecule has 0 atom stereocenters. The molecule has 1 aromatic heterocycles. The van der Waals surface area contributed by atoms with Gasteiger partial charge in [-0.3, -0.25) is 9.55 Å². The van der Waals surface area contributed by atoms with Crippen LogP contribution in [-0.4, -0.2) is 20.6 Å². The van der Waals surface area contributed by atoms with E-state index < -0.39 is 11.7 Å². The molecule has 0 amide bonds. The van der Waals surface area contributed by atoms with E-state index in [0.29, 0.717) is 12.2 Å². The zero-order valence-corrected chi connectivity index (χ0v) is 7.20. The molecule has 0 unspecified atom stereocenters. The molecule has 0 aliphatic carbocycles. The van der Waals surface area contributed by atoms with Crippen molar-refractivity contribution in [3.05, 3.63) is 34.5 Å². The summed E-state index contributed by atoms with van der Waals surface area (Å²) in [5.74, 6) is -1.13. The van der Waals surface area contributed by atoms with Crippen molar-refractivity contribution in [2.45, 2.75) is 13.5 Å². The molecule has 1 aromatic rings. The SMILES string of the molecule is C=CCn1c(C)c(C(=O)O)[nH]c1=O. The smallest absolute Gasteiger partial charge is 0.354 e. The second-order valence-corrected chi connectivity index (χ2v) is 2.59. The molecular weight excluding hydrogens is 172 g/mol. The van der Waals surface area contributed by atoms with Crippen molar-refractivity contribution in [3.8, 4) is 0 Å². The van der Waals surface area contributed by atoms with Crippen LogP contribution in [0.1, 0.15) is 16.2 Å². The molecule has 0 fully saturated rings. The van der Waals surface area contributed by atoms with Crippen LogP contribution in [0.3, 0.4) is 0 Å². The Morgan fingerprint density at radius 1 is 1.77 bits per heavy atom. The summed E-state index contributed by atoms with van der Waals surface area (Å²) in [6.07, 6.45) is 1.54. The number of aromatic amines is 1.